The molecule has 5 heteroatoms. The highest BCUT2D eigenvalue weighted by Gasteiger charge is 2.37. The van der Waals surface area contributed by atoms with E-state index in [0.29, 0.717) is 18.0 Å². The molecule has 1 aromatic rings. The molecule has 5 nitrogen and oxygen atoms in total. The average Bonchev–Trinajstić information content (AvgIpc) is 2.81. The number of rotatable bonds is 1. The summed E-state index contributed by atoms with van der Waals surface area (Å²) >= 11 is 0. The molecule has 2 N–H and O–H groups in total. The molecule has 1 saturated carbocycles. The maximum absolute atomic E-state index is 5.86. The molecule has 0 spiro atoms. The van der Waals surface area contributed by atoms with Gasteiger partial charge in [-0.1, -0.05) is 0 Å². The molecule has 2 heterocycles. The molecule has 0 radical (unpaired) electrons. The lowest BCUT2D eigenvalue weighted by Crippen LogP contribution is -2.49. The lowest BCUT2D eigenvalue weighted by molar-refractivity contribution is 0.0253. The molecule has 2 atom stereocenters. The van der Waals surface area contributed by atoms with Crippen LogP contribution in [0.25, 0.3) is 0 Å². The zero-order chi connectivity index (χ0) is 11.8. The van der Waals surface area contributed by atoms with Crippen LogP contribution in [0.3, 0.4) is 0 Å². The quantitative estimate of drug-likeness (QED) is 0.789. The van der Waals surface area contributed by atoms with Gasteiger partial charge in [0.1, 0.15) is 18.0 Å². The number of hydrogen-bond donors (Lipinski definition) is 1. The number of ether oxygens (including phenoxy) is 1. The van der Waals surface area contributed by atoms with Gasteiger partial charge in [-0.2, -0.15) is 0 Å². The number of hydrogen-bond acceptors (Lipinski definition) is 5. The van der Waals surface area contributed by atoms with Crippen LogP contribution in [0.1, 0.15) is 24.8 Å². The van der Waals surface area contributed by atoms with Crippen molar-refractivity contribution >= 4 is 11.6 Å². The molecule has 92 valence electrons. The molecule has 0 amide bonds. The Morgan fingerprint density at radius 1 is 1.41 bits per heavy atom. The summed E-state index contributed by atoms with van der Waals surface area (Å²) in [5, 5.41) is 0. The molecule has 1 aliphatic carbocycles. The first-order chi connectivity index (χ1) is 8.27. The van der Waals surface area contributed by atoms with Crippen molar-refractivity contribution in [2.75, 3.05) is 23.8 Å². The van der Waals surface area contributed by atoms with Gasteiger partial charge < -0.3 is 15.4 Å². The van der Waals surface area contributed by atoms with E-state index in [0.717, 1.165) is 24.5 Å². The van der Waals surface area contributed by atoms with Crippen LogP contribution in [0.4, 0.5) is 11.6 Å². The van der Waals surface area contributed by atoms with Crippen molar-refractivity contribution in [3.05, 3.63) is 11.9 Å². The Balaban J connectivity index is 1.94. The van der Waals surface area contributed by atoms with Gasteiger partial charge in [0.2, 0.25) is 0 Å². The van der Waals surface area contributed by atoms with Crippen molar-refractivity contribution in [1.82, 2.24) is 9.97 Å². The summed E-state index contributed by atoms with van der Waals surface area (Å²) in [7, 11) is 0. The fourth-order valence-corrected chi connectivity index (χ4v) is 2.93. The number of anilines is 2. The summed E-state index contributed by atoms with van der Waals surface area (Å²) in [5.41, 5.74) is 6.84. The Morgan fingerprint density at radius 3 is 3.18 bits per heavy atom. The third kappa shape index (κ3) is 1.74. The van der Waals surface area contributed by atoms with E-state index >= 15 is 0 Å². The largest absolute Gasteiger partial charge is 0.383 e. The number of nitrogens with two attached hydrogens (primary N) is 1. The second-order valence-electron chi connectivity index (χ2n) is 4.81. The number of nitrogen functional groups attached to an aromatic ring is 1. The molecule has 1 aliphatic heterocycles. The molecule has 2 unspecified atom stereocenters. The van der Waals surface area contributed by atoms with E-state index in [1.165, 1.54) is 19.3 Å². The Hall–Kier alpha value is -1.36. The van der Waals surface area contributed by atoms with Crippen molar-refractivity contribution in [2.45, 2.75) is 38.3 Å². The van der Waals surface area contributed by atoms with E-state index in [2.05, 4.69) is 14.9 Å². The molecule has 17 heavy (non-hydrogen) atoms. The summed E-state index contributed by atoms with van der Waals surface area (Å²) in [6, 6.07) is 0.469. The third-order valence-corrected chi connectivity index (χ3v) is 3.85. The van der Waals surface area contributed by atoms with Gasteiger partial charge in [0.15, 0.2) is 0 Å². The Labute approximate surface area is 101 Å². The Bertz CT molecular complexity index is 423. The highest BCUT2D eigenvalue weighted by molar-refractivity contribution is 5.56. The summed E-state index contributed by atoms with van der Waals surface area (Å²) in [6.45, 7) is 3.67. The van der Waals surface area contributed by atoms with Crippen molar-refractivity contribution < 1.29 is 4.74 Å². The summed E-state index contributed by atoms with van der Waals surface area (Å²) in [6.07, 6.45) is 5.52. The monoisotopic (exact) mass is 234 g/mol. The van der Waals surface area contributed by atoms with Crippen molar-refractivity contribution in [1.29, 1.82) is 0 Å². The van der Waals surface area contributed by atoms with Crippen LogP contribution < -0.4 is 10.6 Å². The second kappa shape index (κ2) is 4.14. The minimum atomic E-state index is 0.374. The van der Waals surface area contributed by atoms with Crippen LogP contribution in [0.15, 0.2) is 6.33 Å². The number of fused-ring (bicyclic) bond motifs is 1. The van der Waals surface area contributed by atoms with E-state index in [9.17, 15) is 0 Å². The highest BCUT2D eigenvalue weighted by Crippen LogP contribution is 2.33. The topological polar surface area (TPSA) is 64.3 Å². The standard InChI is InChI=1S/C12H18N4O/c1-8-11(13)14-7-15-12(8)16-5-6-17-10-4-2-3-9(10)16/h7,9-10H,2-6H2,1H3,(H2,13,14,15). The number of morpholine rings is 1. The van der Waals surface area contributed by atoms with Gasteiger partial charge >= 0.3 is 0 Å². The van der Waals surface area contributed by atoms with Crippen LogP contribution >= 0.6 is 0 Å². The van der Waals surface area contributed by atoms with Gasteiger partial charge in [0.25, 0.3) is 0 Å². The molecule has 0 bridgehead atoms. The summed E-state index contributed by atoms with van der Waals surface area (Å²) < 4.78 is 5.81. The number of nitrogens with zero attached hydrogens (tertiary/aromatic N) is 3. The number of aromatic nitrogens is 2. The van der Waals surface area contributed by atoms with E-state index in [1.54, 1.807) is 6.33 Å². The van der Waals surface area contributed by atoms with Gasteiger partial charge in [-0.3, -0.25) is 0 Å². The van der Waals surface area contributed by atoms with Gasteiger partial charge in [0, 0.05) is 12.1 Å². The molecule has 2 aliphatic rings. The smallest absolute Gasteiger partial charge is 0.137 e. The van der Waals surface area contributed by atoms with Crippen molar-refractivity contribution in [2.24, 2.45) is 0 Å². The van der Waals surface area contributed by atoms with Crippen LogP contribution in [0.5, 0.6) is 0 Å². The molecule has 0 aromatic carbocycles. The van der Waals surface area contributed by atoms with Gasteiger partial charge in [0.05, 0.1) is 18.8 Å². The van der Waals surface area contributed by atoms with Crippen molar-refractivity contribution in [3.63, 3.8) is 0 Å². The maximum atomic E-state index is 5.86. The van der Waals surface area contributed by atoms with E-state index in [4.69, 9.17) is 10.5 Å². The Kier molecular flexibility index (Phi) is 2.63. The molecular weight excluding hydrogens is 216 g/mol. The van der Waals surface area contributed by atoms with E-state index in [-0.39, 0.29) is 0 Å². The van der Waals surface area contributed by atoms with Gasteiger partial charge in [-0.15, -0.1) is 0 Å². The predicted molar refractivity (Wildman–Crippen MR) is 65.9 cm³/mol. The molecular formula is C12H18N4O. The van der Waals surface area contributed by atoms with Crippen LogP contribution in [0.2, 0.25) is 0 Å². The second-order valence-corrected chi connectivity index (χ2v) is 4.81. The molecule has 1 aromatic heterocycles. The predicted octanol–water partition coefficient (Wildman–Crippen LogP) is 1.12. The average molecular weight is 234 g/mol. The van der Waals surface area contributed by atoms with E-state index in [1.807, 2.05) is 6.92 Å². The minimum Gasteiger partial charge on any atom is -0.383 e. The first-order valence-corrected chi connectivity index (χ1v) is 6.22. The highest BCUT2D eigenvalue weighted by atomic mass is 16.5. The fourth-order valence-electron chi connectivity index (χ4n) is 2.93. The van der Waals surface area contributed by atoms with E-state index < -0.39 is 0 Å². The Morgan fingerprint density at radius 2 is 2.29 bits per heavy atom. The summed E-state index contributed by atoms with van der Waals surface area (Å²) in [5.74, 6) is 1.56. The lowest BCUT2D eigenvalue weighted by atomic mass is 10.1. The third-order valence-electron chi connectivity index (χ3n) is 3.85. The SMILES string of the molecule is Cc1c(N)ncnc1N1CCOC2CCCC21. The minimum absolute atomic E-state index is 0.374. The summed E-state index contributed by atoms with van der Waals surface area (Å²) in [4.78, 5) is 10.8. The zero-order valence-electron chi connectivity index (χ0n) is 10.1. The fraction of sp³-hybridized carbons (Fsp3) is 0.667. The normalized spacial score (nSPS) is 28.2. The first kappa shape index (κ1) is 10.8. The molecule has 2 fully saturated rings. The van der Waals surface area contributed by atoms with Crippen LogP contribution in [-0.2, 0) is 4.74 Å². The van der Waals surface area contributed by atoms with Gasteiger partial charge in [-0.05, 0) is 26.2 Å². The lowest BCUT2D eigenvalue weighted by Gasteiger charge is -2.39. The maximum Gasteiger partial charge on any atom is 0.137 e. The van der Waals surface area contributed by atoms with Gasteiger partial charge in [-0.25, -0.2) is 9.97 Å². The zero-order valence-corrected chi connectivity index (χ0v) is 10.1. The van der Waals surface area contributed by atoms with Crippen molar-refractivity contribution in [3.8, 4) is 0 Å². The molecule has 3 rings (SSSR count). The van der Waals surface area contributed by atoms with Crippen LogP contribution in [0, 0.1) is 6.92 Å². The first-order valence-electron chi connectivity index (χ1n) is 6.22. The molecule has 1 saturated heterocycles. The van der Waals surface area contributed by atoms with Crippen LogP contribution in [-0.4, -0.2) is 35.3 Å².